The Labute approximate surface area is 105 Å². The molecule has 0 saturated heterocycles. The highest BCUT2D eigenvalue weighted by atomic mass is 35.5. The number of halogens is 1. The zero-order chi connectivity index (χ0) is 12.4. The van der Waals surface area contributed by atoms with Gasteiger partial charge in [-0.25, -0.2) is 9.97 Å². The number of aryl methyl sites for hydroxylation is 2. The summed E-state index contributed by atoms with van der Waals surface area (Å²) in [5.41, 5.74) is 2.14. The zero-order valence-electron chi connectivity index (χ0n) is 10.1. The predicted molar refractivity (Wildman–Crippen MR) is 67.3 cm³/mol. The molecule has 2 heterocycles. The first kappa shape index (κ1) is 11.9. The van der Waals surface area contributed by atoms with Crippen LogP contribution < -0.4 is 4.90 Å². The molecule has 0 aromatic carbocycles. The summed E-state index contributed by atoms with van der Waals surface area (Å²) in [6, 6.07) is 1.96. The minimum absolute atomic E-state index is 0.265. The van der Waals surface area contributed by atoms with Gasteiger partial charge >= 0.3 is 0 Å². The van der Waals surface area contributed by atoms with Gasteiger partial charge in [0.05, 0.1) is 6.26 Å². The van der Waals surface area contributed by atoms with E-state index in [0.717, 1.165) is 29.2 Å². The molecule has 0 atom stereocenters. The van der Waals surface area contributed by atoms with E-state index in [4.69, 9.17) is 16.0 Å². The third-order valence-corrected chi connectivity index (χ3v) is 2.83. The smallest absolute Gasteiger partial charge is 0.224 e. The molecule has 90 valence electrons. The van der Waals surface area contributed by atoms with Crippen LogP contribution in [0.15, 0.2) is 22.9 Å². The summed E-state index contributed by atoms with van der Waals surface area (Å²) in [5, 5.41) is 0.265. The first-order chi connectivity index (χ1) is 8.08. The van der Waals surface area contributed by atoms with Gasteiger partial charge in [-0.3, -0.25) is 0 Å². The Bertz CT molecular complexity index is 524. The van der Waals surface area contributed by atoms with Gasteiger partial charge in [-0.05, 0) is 31.5 Å². The third kappa shape index (κ3) is 2.58. The van der Waals surface area contributed by atoms with Crippen molar-refractivity contribution in [2.24, 2.45) is 0 Å². The fraction of sp³-hybridized carbons (Fsp3) is 0.333. The van der Waals surface area contributed by atoms with Crippen molar-refractivity contribution in [3.63, 3.8) is 0 Å². The van der Waals surface area contributed by atoms with E-state index in [1.54, 1.807) is 12.5 Å². The van der Waals surface area contributed by atoms with Crippen LogP contribution in [0.4, 0.5) is 5.82 Å². The molecular weight excluding hydrogens is 238 g/mol. The van der Waals surface area contributed by atoms with Crippen LogP contribution in [-0.2, 0) is 6.54 Å². The van der Waals surface area contributed by atoms with Gasteiger partial charge in [0.15, 0.2) is 0 Å². The van der Waals surface area contributed by atoms with E-state index >= 15 is 0 Å². The number of rotatable bonds is 3. The van der Waals surface area contributed by atoms with Crippen LogP contribution in [-0.4, -0.2) is 17.0 Å². The molecule has 0 spiro atoms. The van der Waals surface area contributed by atoms with Gasteiger partial charge < -0.3 is 9.32 Å². The van der Waals surface area contributed by atoms with Crippen molar-refractivity contribution >= 4 is 17.4 Å². The molecule has 0 unspecified atom stereocenters. The topological polar surface area (TPSA) is 42.2 Å². The highest BCUT2D eigenvalue weighted by Gasteiger charge is 2.10. The summed E-state index contributed by atoms with van der Waals surface area (Å²) in [7, 11) is 1.97. The van der Waals surface area contributed by atoms with Gasteiger partial charge in [-0.15, -0.1) is 0 Å². The maximum atomic E-state index is 5.81. The summed E-state index contributed by atoms with van der Waals surface area (Å²) in [5.74, 6) is 1.76. The largest absolute Gasteiger partial charge is 0.469 e. The lowest BCUT2D eigenvalue weighted by atomic mass is 10.2. The summed E-state index contributed by atoms with van der Waals surface area (Å²) in [4.78, 5) is 10.2. The number of furan rings is 1. The molecule has 2 aromatic heterocycles. The van der Waals surface area contributed by atoms with Crippen LogP contribution in [0.3, 0.4) is 0 Å². The summed E-state index contributed by atoms with van der Waals surface area (Å²) in [6.07, 6.45) is 3.42. The second-order valence-corrected chi connectivity index (χ2v) is 4.34. The number of hydrogen-bond acceptors (Lipinski definition) is 4. The van der Waals surface area contributed by atoms with Gasteiger partial charge in [0.2, 0.25) is 5.28 Å². The number of hydrogen-bond donors (Lipinski definition) is 0. The lowest BCUT2D eigenvalue weighted by Gasteiger charge is -2.19. The lowest BCUT2D eigenvalue weighted by molar-refractivity contribution is 0.529. The SMILES string of the molecule is Cc1cnc(Cl)nc1N(C)Cc1ccoc1C. The lowest BCUT2D eigenvalue weighted by Crippen LogP contribution is -2.19. The van der Waals surface area contributed by atoms with E-state index in [1.165, 1.54) is 0 Å². The van der Waals surface area contributed by atoms with Crippen LogP contribution in [0, 0.1) is 13.8 Å². The van der Waals surface area contributed by atoms with Crippen LogP contribution in [0.5, 0.6) is 0 Å². The van der Waals surface area contributed by atoms with Gasteiger partial charge in [0, 0.05) is 30.9 Å². The molecule has 4 nitrogen and oxygen atoms in total. The van der Waals surface area contributed by atoms with E-state index in [-0.39, 0.29) is 5.28 Å². The fourth-order valence-corrected chi connectivity index (χ4v) is 1.83. The molecule has 0 N–H and O–H groups in total. The van der Waals surface area contributed by atoms with Gasteiger partial charge in [-0.2, -0.15) is 0 Å². The number of aromatic nitrogens is 2. The van der Waals surface area contributed by atoms with E-state index in [0.29, 0.717) is 0 Å². The van der Waals surface area contributed by atoms with Crippen molar-refractivity contribution in [1.82, 2.24) is 9.97 Å². The normalized spacial score (nSPS) is 10.6. The molecule has 0 saturated carbocycles. The minimum Gasteiger partial charge on any atom is -0.469 e. The molecule has 17 heavy (non-hydrogen) atoms. The Morgan fingerprint density at radius 3 is 2.82 bits per heavy atom. The van der Waals surface area contributed by atoms with Crippen LogP contribution in [0.1, 0.15) is 16.9 Å². The van der Waals surface area contributed by atoms with Crippen molar-refractivity contribution in [1.29, 1.82) is 0 Å². The standard InChI is InChI=1S/C12H14ClN3O/c1-8-6-14-12(13)15-11(8)16(3)7-10-4-5-17-9(10)2/h4-6H,7H2,1-3H3. The zero-order valence-corrected chi connectivity index (χ0v) is 10.8. The highest BCUT2D eigenvalue weighted by Crippen LogP contribution is 2.20. The molecule has 0 aliphatic heterocycles. The predicted octanol–water partition coefficient (Wildman–Crippen LogP) is 2.98. The van der Waals surface area contributed by atoms with Gasteiger partial charge in [0.25, 0.3) is 0 Å². The second kappa shape index (κ2) is 4.75. The maximum absolute atomic E-state index is 5.81. The quantitative estimate of drug-likeness (QED) is 0.787. The van der Waals surface area contributed by atoms with Crippen LogP contribution in [0.25, 0.3) is 0 Å². The Hall–Kier alpha value is -1.55. The molecule has 0 amide bonds. The Morgan fingerprint density at radius 1 is 1.41 bits per heavy atom. The van der Waals surface area contributed by atoms with Crippen molar-refractivity contribution in [3.8, 4) is 0 Å². The molecule has 2 rings (SSSR count). The monoisotopic (exact) mass is 251 g/mol. The van der Waals surface area contributed by atoms with E-state index in [9.17, 15) is 0 Å². The number of anilines is 1. The summed E-state index contributed by atoms with van der Waals surface area (Å²) < 4.78 is 5.27. The Kier molecular flexibility index (Phi) is 3.33. The summed E-state index contributed by atoms with van der Waals surface area (Å²) >= 11 is 5.81. The average molecular weight is 252 g/mol. The summed E-state index contributed by atoms with van der Waals surface area (Å²) in [6.45, 7) is 4.64. The fourth-order valence-electron chi connectivity index (χ4n) is 1.70. The first-order valence-corrected chi connectivity index (χ1v) is 5.69. The molecule has 5 heteroatoms. The van der Waals surface area contributed by atoms with Gasteiger partial charge in [0.1, 0.15) is 11.6 Å². The molecule has 0 aliphatic carbocycles. The third-order valence-electron chi connectivity index (χ3n) is 2.65. The molecular formula is C12H14ClN3O. The van der Waals surface area contributed by atoms with Crippen molar-refractivity contribution in [3.05, 3.63) is 40.7 Å². The average Bonchev–Trinajstić information content (AvgIpc) is 2.68. The Morgan fingerprint density at radius 2 is 2.18 bits per heavy atom. The van der Waals surface area contributed by atoms with E-state index in [1.807, 2.05) is 31.9 Å². The maximum Gasteiger partial charge on any atom is 0.224 e. The number of nitrogens with zero attached hydrogens (tertiary/aromatic N) is 3. The van der Waals surface area contributed by atoms with Crippen molar-refractivity contribution < 1.29 is 4.42 Å². The second-order valence-electron chi connectivity index (χ2n) is 4.00. The molecule has 0 aliphatic rings. The van der Waals surface area contributed by atoms with E-state index < -0.39 is 0 Å². The Balaban J connectivity index is 2.23. The molecule has 0 fully saturated rings. The van der Waals surface area contributed by atoms with Crippen LogP contribution >= 0.6 is 11.6 Å². The van der Waals surface area contributed by atoms with Crippen molar-refractivity contribution in [2.45, 2.75) is 20.4 Å². The van der Waals surface area contributed by atoms with Crippen molar-refractivity contribution in [2.75, 3.05) is 11.9 Å². The molecule has 0 radical (unpaired) electrons. The molecule has 2 aromatic rings. The minimum atomic E-state index is 0.265. The molecule has 0 bridgehead atoms. The van der Waals surface area contributed by atoms with Gasteiger partial charge in [-0.1, -0.05) is 0 Å². The first-order valence-electron chi connectivity index (χ1n) is 5.31. The highest BCUT2D eigenvalue weighted by molar-refractivity contribution is 6.28. The van der Waals surface area contributed by atoms with Crippen LogP contribution in [0.2, 0.25) is 5.28 Å². The van der Waals surface area contributed by atoms with E-state index in [2.05, 4.69) is 9.97 Å².